The smallest absolute Gasteiger partial charge is 0.142 e. The summed E-state index contributed by atoms with van der Waals surface area (Å²) >= 11 is 5.93. The number of rotatable bonds is 3. The van der Waals surface area contributed by atoms with E-state index in [0.717, 1.165) is 5.69 Å². The summed E-state index contributed by atoms with van der Waals surface area (Å²) < 4.78 is 5.24. The topological polar surface area (TPSA) is 45.0 Å². The minimum absolute atomic E-state index is 0.533. The third-order valence-corrected chi connectivity index (χ3v) is 2.71. The molecule has 0 amide bonds. The third-order valence-electron chi connectivity index (χ3n) is 2.48. The summed E-state index contributed by atoms with van der Waals surface area (Å²) in [6.07, 6.45) is 0. The molecule has 0 radical (unpaired) electrons. The number of methoxy groups -OCH3 is 1. The number of benzene rings is 2. The quantitative estimate of drug-likeness (QED) is 0.906. The molecule has 2 aromatic rings. The van der Waals surface area contributed by atoms with Crippen molar-refractivity contribution >= 4 is 23.0 Å². The zero-order valence-corrected chi connectivity index (χ0v) is 10.5. The summed E-state index contributed by atoms with van der Waals surface area (Å²) in [4.78, 5) is 0. The summed E-state index contributed by atoms with van der Waals surface area (Å²) in [7, 11) is 1.60. The Morgan fingerprint density at radius 3 is 2.67 bits per heavy atom. The summed E-state index contributed by atoms with van der Waals surface area (Å²) in [5, 5.41) is 12.8. The Balaban J connectivity index is 2.40. The molecule has 2 rings (SSSR count). The molecular weight excluding hydrogens is 248 g/mol. The second-order valence-electron chi connectivity index (χ2n) is 3.63. The van der Waals surface area contributed by atoms with Gasteiger partial charge in [0.15, 0.2) is 0 Å². The van der Waals surface area contributed by atoms with Gasteiger partial charge in [0, 0.05) is 5.02 Å². The van der Waals surface area contributed by atoms with Crippen LogP contribution in [0.1, 0.15) is 5.56 Å². The molecule has 0 saturated carbocycles. The zero-order valence-electron chi connectivity index (χ0n) is 9.77. The van der Waals surface area contributed by atoms with Gasteiger partial charge in [-0.3, -0.25) is 0 Å². The molecule has 0 unspecified atom stereocenters. The molecule has 0 aliphatic rings. The van der Waals surface area contributed by atoms with Crippen LogP contribution in [-0.4, -0.2) is 7.11 Å². The molecule has 2 aromatic carbocycles. The van der Waals surface area contributed by atoms with Gasteiger partial charge >= 0.3 is 0 Å². The van der Waals surface area contributed by atoms with Crippen LogP contribution in [0.2, 0.25) is 5.02 Å². The molecule has 0 aromatic heterocycles. The first-order valence-electron chi connectivity index (χ1n) is 5.34. The number of anilines is 2. The molecule has 0 aliphatic carbocycles. The molecule has 4 heteroatoms. The molecule has 0 heterocycles. The van der Waals surface area contributed by atoms with Crippen molar-refractivity contribution in [1.29, 1.82) is 5.26 Å². The predicted molar refractivity (Wildman–Crippen MR) is 72.4 cm³/mol. The van der Waals surface area contributed by atoms with E-state index in [1.54, 1.807) is 25.3 Å². The molecule has 1 N–H and O–H groups in total. The van der Waals surface area contributed by atoms with E-state index in [1.807, 2.05) is 24.3 Å². The van der Waals surface area contributed by atoms with Crippen LogP contribution in [0, 0.1) is 11.3 Å². The zero-order chi connectivity index (χ0) is 13.0. The molecule has 0 atom stereocenters. The molecule has 3 nitrogen and oxygen atoms in total. The summed E-state index contributed by atoms with van der Waals surface area (Å²) in [5.74, 6) is 0.710. The number of hydrogen-bond acceptors (Lipinski definition) is 3. The highest BCUT2D eigenvalue weighted by Gasteiger charge is 2.06. The highest BCUT2D eigenvalue weighted by molar-refractivity contribution is 6.30. The number of halogens is 1. The lowest BCUT2D eigenvalue weighted by molar-refractivity contribution is 0.417. The van der Waals surface area contributed by atoms with Crippen LogP contribution < -0.4 is 10.1 Å². The lowest BCUT2D eigenvalue weighted by Crippen LogP contribution is -1.96. The highest BCUT2D eigenvalue weighted by atomic mass is 35.5. The maximum atomic E-state index is 9.05. The number of nitriles is 1. The van der Waals surface area contributed by atoms with E-state index in [-0.39, 0.29) is 0 Å². The van der Waals surface area contributed by atoms with Crippen LogP contribution in [0.5, 0.6) is 5.75 Å². The molecule has 0 bridgehead atoms. The van der Waals surface area contributed by atoms with E-state index in [1.165, 1.54) is 0 Å². The van der Waals surface area contributed by atoms with E-state index >= 15 is 0 Å². The molecule has 18 heavy (non-hydrogen) atoms. The summed E-state index contributed by atoms with van der Waals surface area (Å²) in [6, 6.07) is 14.7. The standard InChI is InChI=1S/C14H11ClN2O/c1-18-14-5-3-2-4-12(14)17-13-8-11(15)7-6-10(13)9-16/h2-8,17H,1H3. The first-order chi connectivity index (χ1) is 8.74. The van der Waals surface area contributed by atoms with Crippen LogP contribution in [-0.2, 0) is 0 Å². The number of para-hydroxylation sites is 2. The molecule has 0 spiro atoms. The average Bonchev–Trinajstić information content (AvgIpc) is 2.40. The predicted octanol–water partition coefficient (Wildman–Crippen LogP) is 3.96. The SMILES string of the molecule is COc1ccccc1Nc1cc(Cl)ccc1C#N. The maximum absolute atomic E-state index is 9.05. The van der Waals surface area contributed by atoms with Crippen LogP contribution in [0.3, 0.4) is 0 Å². The maximum Gasteiger partial charge on any atom is 0.142 e. The number of hydrogen-bond donors (Lipinski definition) is 1. The Kier molecular flexibility index (Phi) is 3.71. The number of nitrogens with one attached hydrogen (secondary N) is 1. The first kappa shape index (κ1) is 12.3. The van der Waals surface area contributed by atoms with Crippen molar-refractivity contribution in [3.8, 4) is 11.8 Å². The fraction of sp³-hybridized carbons (Fsp3) is 0.0714. The van der Waals surface area contributed by atoms with Gasteiger partial charge in [-0.2, -0.15) is 5.26 Å². The molecule has 90 valence electrons. The van der Waals surface area contributed by atoms with Crippen LogP contribution in [0.4, 0.5) is 11.4 Å². The van der Waals surface area contributed by atoms with Crippen molar-refractivity contribution in [1.82, 2.24) is 0 Å². The number of nitrogens with zero attached hydrogens (tertiary/aromatic N) is 1. The Morgan fingerprint density at radius 2 is 1.94 bits per heavy atom. The van der Waals surface area contributed by atoms with Crippen LogP contribution >= 0.6 is 11.6 Å². The van der Waals surface area contributed by atoms with E-state index in [0.29, 0.717) is 22.0 Å². The Bertz CT molecular complexity index is 605. The minimum Gasteiger partial charge on any atom is -0.495 e. The van der Waals surface area contributed by atoms with Crippen molar-refractivity contribution in [2.24, 2.45) is 0 Å². The Hall–Kier alpha value is -2.18. The van der Waals surface area contributed by atoms with Gasteiger partial charge in [-0.1, -0.05) is 23.7 Å². The van der Waals surface area contributed by atoms with Crippen molar-refractivity contribution in [3.05, 3.63) is 53.1 Å². The first-order valence-corrected chi connectivity index (χ1v) is 5.72. The van der Waals surface area contributed by atoms with Crippen LogP contribution in [0.15, 0.2) is 42.5 Å². The highest BCUT2D eigenvalue weighted by Crippen LogP contribution is 2.29. The van der Waals surface area contributed by atoms with Gasteiger partial charge in [-0.25, -0.2) is 0 Å². The van der Waals surface area contributed by atoms with Gasteiger partial charge in [-0.05, 0) is 30.3 Å². The van der Waals surface area contributed by atoms with Crippen LogP contribution in [0.25, 0.3) is 0 Å². The lowest BCUT2D eigenvalue weighted by atomic mass is 10.2. The van der Waals surface area contributed by atoms with E-state index in [4.69, 9.17) is 21.6 Å². The molecule has 0 aliphatic heterocycles. The minimum atomic E-state index is 0.533. The average molecular weight is 259 g/mol. The Labute approximate surface area is 111 Å². The van der Waals surface area contributed by atoms with Crippen molar-refractivity contribution in [2.45, 2.75) is 0 Å². The fourth-order valence-corrected chi connectivity index (χ4v) is 1.78. The monoisotopic (exact) mass is 258 g/mol. The largest absolute Gasteiger partial charge is 0.495 e. The van der Waals surface area contributed by atoms with Crippen molar-refractivity contribution in [2.75, 3.05) is 12.4 Å². The number of ether oxygens (including phenoxy) is 1. The van der Waals surface area contributed by atoms with Gasteiger partial charge < -0.3 is 10.1 Å². The molecular formula is C14H11ClN2O. The second-order valence-corrected chi connectivity index (χ2v) is 4.06. The van der Waals surface area contributed by atoms with Gasteiger partial charge in [0.1, 0.15) is 11.8 Å². The van der Waals surface area contributed by atoms with Crippen molar-refractivity contribution < 1.29 is 4.74 Å². The van der Waals surface area contributed by atoms with Crippen molar-refractivity contribution in [3.63, 3.8) is 0 Å². The second kappa shape index (κ2) is 5.44. The normalized spacial score (nSPS) is 9.61. The van der Waals surface area contributed by atoms with E-state index in [9.17, 15) is 0 Å². The van der Waals surface area contributed by atoms with Gasteiger partial charge in [0.25, 0.3) is 0 Å². The fourth-order valence-electron chi connectivity index (χ4n) is 1.61. The summed E-state index contributed by atoms with van der Waals surface area (Å²) in [6.45, 7) is 0. The lowest BCUT2D eigenvalue weighted by Gasteiger charge is -2.12. The molecule has 0 fully saturated rings. The van der Waals surface area contributed by atoms with E-state index in [2.05, 4.69) is 11.4 Å². The Morgan fingerprint density at radius 1 is 1.17 bits per heavy atom. The van der Waals surface area contributed by atoms with Gasteiger partial charge in [0.2, 0.25) is 0 Å². The van der Waals surface area contributed by atoms with E-state index < -0.39 is 0 Å². The third kappa shape index (κ3) is 2.55. The van der Waals surface area contributed by atoms with Gasteiger partial charge in [-0.15, -0.1) is 0 Å². The molecule has 0 saturated heterocycles. The van der Waals surface area contributed by atoms with Gasteiger partial charge in [0.05, 0.1) is 24.0 Å². The summed E-state index contributed by atoms with van der Waals surface area (Å²) in [5.41, 5.74) is 1.98.